The van der Waals surface area contributed by atoms with Crippen LogP contribution in [-0.4, -0.2) is 19.4 Å². The molecule has 24 heavy (non-hydrogen) atoms. The molecule has 0 aromatic heterocycles. The molecule has 0 heterocycles. The van der Waals surface area contributed by atoms with E-state index in [4.69, 9.17) is 9.05 Å². The summed E-state index contributed by atoms with van der Waals surface area (Å²) in [4.78, 5) is 0. The maximum absolute atomic E-state index is 13.2. The first kappa shape index (κ1) is 24.1. The molecule has 146 valence electrons. The highest BCUT2D eigenvalue weighted by molar-refractivity contribution is 7.53. The predicted molar refractivity (Wildman–Crippen MR) is 106 cm³/mol. The Labute approximate surface area is 151 Å². The summed E-state index contributed by atoms with van der Waals surface area (Å²) in [6.45, 7) is 9.95. The zero-order chi connectivity index (χ0) is 18.1. The number of rotatable bonds is 18. The Hall–Kier alpha value is 0.150. The van der Waals surface area contributed by atoms with Gasteiger partial charge in [0.25, 0.3) is 0 Å². The molecule has 0 aliphatic rings. The summed E-state index contributed by atoms with van der Waals surface area (Å²) in [5, 5.41) is 0. The van der Waals surface area contributed by atoms with E-state index in [1.54, 1.807) is 0 Å². The van der Waals surface area contributed by atoms with Gasteiger partial charge in [-0.25, -0.2) is 0 Å². The smallest absolute Gasteiger partial charge is 0.309 e. The Morgan fingerprint density at radius 3 is 1.62 bits per heavy atom. The van der Waals surface area contributed by atoms with Crippen molar-refractivity contribution in [3.05, 3.63) is 0 Å². The second-order valence-electron chi connectivity index (χ2n) is 7.00. The van der Waals surface area contributed by atoms with Gasteiger partial charge in [0.2, 0.25) is 0 Å². The molecule has 0 bridgehead atoms. The van der Waals surface area contributed by atoms with Gasteiger partial charge in [-0.15, -0.1) is 0 Å². The Bertz CT molecular complexity index is 289. The van der Waals surface area contributed by atoms with Gasteiger partial charge in [0.05, 0.1) is 19.4 Å². The molecule has 0 fully saturated rings. The number of unbranched alkanes of at least 4 members (excludes halogenated alkanes) is 7. The average Bonchev–Trinajstić information content (AvgIpc) is 2.58. The van der Waals surface area contributed by atoms with Gasteiger partial charge < -0.3 is 9.05 Å². The van der Waals surface area contributed by atoms with E-state index in [0.717, 1.165) is 38.5 Å². The van der Waals surface area contributed by atoms with E-state index >= 15 is 0 Å². The lowest BCUT2D eigenvalue weighted by Crippen LogP contribution is -2.11. The quantitative estimate of drug-likeness (QED) is 0.186. The second-order valence-corrected chi connectivity index (χ2v) is 9.10. The van der Waals surface area contributed by atoms with Crippen LogP contribution >= 0.6 is 7.60 Å². The monoisotopic (exact) mass is 362 g/mol. The molecule has 0 spiro atoms. The first-order chi connectivity index (χ1) is 11.6. The molecule has 0 aliphatic heterocycles. The summed E-state index contributed by atoms with van der Waals surface area (Å²) in [6.07, 6.45) is 14.3. The molecule has 0 saturated carbocycles. The molecule has 4 heteroatoms. The molecule has 0 radical (unpaired) electrons. The highest BCUT2D eigenvalue weighted by atomic mass is 31.2. The van der Waals surface area contributed by atoms with Crippen molar-refractivity contribution in [3.63, 3.8) is 0 Å². The minimum Gasteiger partial charge on any atom is -0.309 e. The SMILES string of the molecule is CCCCCCOP(=O)(CC(CC)CCCC)OCCCCCC. The normalized spacial score (nSPS) is 13.3. The summed E-state index contributed by atoms with van der Waals surface area (Å²) >= 11 is 0. The number of hydrogen-bond acceptors (Lipinski definition) is 3. The fourth-order valence-electron chi connectivity index (χ4n) is 2.84. The van der Waals surface area contributed by atoms with Gasteiger partial charge in [0, 0.05) is 0 Å². The summed E-state index contributed by atoms with van der Waals surface area (Å²) in [5.41, 5.74) is 0. The van der Waals surface area contributed by atoms with E-state index in [1.165, 1.54) is 38.5 Å². The fourth-order valence-corrected chi connectivity index (χ4v) is 5.01. The summed E-state index contributed by atoms with van der Waals surface area (Å²) in [5.74, 6) is 0.460. The van der Waals surface area contributed by atoms with E-state index in [1.807, 2.05) is 0 Å². The van der Waals surface area contributed by atoms with Crippen molar-refractivity contribution < 1.29 is 13.6 Å². The lowest BCUT2D eigenvalue weighted by molar-refractivity contribution is 0.193. The lowest BCUT2D eigenvalue weighted by Gasteiger charge is -2.23. The van der Waals surface area contributed by atoms with Crippen LogP contribution < -0.4 is 0 Å². The first-order valence-corrected chi connectivity index (χ1v) is 12.2. The molecule has 3 nitrogen and oxygen atoms in total. The van der Waals surface area contributed by atoms with Crippen LogP contribution in [0.1, 0.15) is 105 Å². The van der Waals surface area contributed by atoms with Gasteiger partial charge in [-0.1, -0.05) is 85.5 Å². The highest BCUT2D eigenvalue weighted by Crippen LogP contribution is 2.51. The molecule has 1 atom stereocenters. The van der Waals surface area contributed by atoms with Crippen molar-refractivity contribution in [1.82, 2.24) is 0 Å². The largest absolute Gasteiger partial charge is 0.330 e. The van der Waals surface area contributed by atoms with E-state index in [-0.39, 0.29) is 0 Å². The van der Waals surface area contributed by atoms with Crippen LogP contribution in [0.25, 0.3) is 0 Å². The zero-order valence-electron chi connectivity index (χ0n) is 16.9. The third kappa shape index (κ3) is 13.4. The minimum absolute atomic E-state index is 0.460. The van der Waals surface area contributed by atoms with Crippen molar-refractivity contribution in [2.45, 2.75) is 105 Å². The van der Waals surface area contributed by atoms with Crippen LogP contribution in [-0.2, 0) is 13.6 Å². The van der Waals surface area contributed by atoms with Crippen LogP contribution in [0.5, 0.6) is 0 Å². The number of hydrogen-bond donors (Lipinski definition) is 0. The van der Waals surface area contributed by atoms with E-state index in [9.17, 15) is 4.57 Å². The standard InChI is InChI=1S/C20H43O3P/c1-5-9-12-14-17-22-24(21,23-18-15-13-10-6-2)19-20(8-4)16-11-7-3/h20H,5-19H2,1-4H3. The second kappa shape index (κ2) is 16.6. The molecule has 0 saturated heterocycles. The topological polar surface area (TPSA) is 35.5 Å². The van der Waals surface area contributed by atoms with E-state index in [2.05, 4.69) is 27.7 Å². The lowest BCUT2D eigenvalue weighted by atomic mass is 10.0. The third-order valence-electron chi connectivity index (χ3n) is 4.60. The van der Waals surface area contributed by atoms with Crippen LogP contribution in [0, 0.1) is 5.92 Å². The fraction of sp³-hybridized carbons (Fsp3) is 1.00. The van der Waals surface area contributed by atoms with Crippen molar-refractivity contribution in [2.75, 3.05) is 19.4 Å². The first-order valence-electron chi connectivity index (χ1n) is 10.5. The summed E-state index contributed by atoms with van der Waals surface area (Å²) in [6, 6.07) is 0. The maximum Gasteiger partial charge on any atom is 0.330 e. The molecule has 0 aliphatic carbocycles. The Balaban J connectivity index is 4.40. The van der Waals surface area contributed by atoms with E-state index < -0.39 is 7.60 Å². The Kier molecular flexibility index (Phi) is 16.7. The highest BCUT2D eigenvalue weighted by Gasteiger charge is 2.28. The Morgan fingerprint density at radius 2 is 1.21 bits per heavy atom. The van der Waals surface area contributed by atoms with Crippen molar-refractivity contribution in [3.8, 4) is 0 Å². The van der Waals surface area contributed by atoms with Gasteiger partial charge in [0.1, 0.15) is 0 Å². The molecule has 0 amide bonds. The molecular formula is C20H43O3P. The molecule has 0 aromatic carbocycles. The molecule has 0 rings (SSSR count). The minimum atomic E-state index is -2.93. The van der Waals surface area contributed by atoms with Crippen molar-refractivity contribution in [1.29, 1.82) is 0 Å². The average molecular weight is 363 g/mol. The van der Waals surface area contributed by atoms with Crippen LogP contribution in [0.15, 0.2) is 0 Å². The van der Waals surface area contributed by atoms with Crippen LogP contribution in [0.4, 0.5) is 0 Å². The van der Waals surface area contributed by atoms with Crippen molar-refractivity contribution >= 4 is 7.60 Å². The predicted octanol–water partition coefficient (Wildman–Crippen LogP) is 7.59. The Morgan fingerprint density at radius 1 is 0.708 bits per heavy atom. The van der Waals surface area contributed by atoms with E-state index in [0.29, 0.717) is 25.3 Å². The third-order valence-corrected chi connectivity index (χ3v) is 6.71. The van der Waals surface area contributed by atoms with Crippen LogP contribution in [0.2, 0.25) is 0 Å². The molecule has 1 unspecified atom stereocenters. The summed E-state index contributed by atoms with van der Waals surface area (Å²) in [7, 11) is -2.93. The van der Waals surface area contributed by atoms with Crippen LogP contribution in [0.3, 0.4) is 0 Å². The maximum atomic E-state index is 13.2. The zero-order valence-corrected chi connectivity index (χ0v) is 17.8. The summed E-state index contributed by atoms with van der Waals surface area (Å²) < 4.78 is 24.8. The molecule has 0 N–H and O–H groups in total. The van der Waals surface area contributed by atoms with Gasteiger partial charge in [-0.3, -0.25) is 4.57 Å². The van der Waals surface area contributed by atoms with Crippen molar-refractivity contribution in [2.24, 2.45) is 5.92 Å². The van der Waals surface area contributed by atoms with Gasteiger partial charge in [-0.2, -0.15) is 0 Å². The molecular weight excluding hydrogens is 319 g/mol. The molecule has 0 aromatic rings. The van der Waals surface area contributed by atoms with Gasteiger partial charge in [-0.05, 0) is 25.2 Å². The van der Waals surface area contributed by atoms with Gasteiger partial charge >= 0.3 is 7.60 Å². The van der Waals surface area contributed by atoms with Gasteiger partial charge in [0.15, 0.2) is 0 Å².